The lowest BCUT2D eigenvalue weighted by Gasteiger charge is -2.39. The maximum atomic E-state index is 12.2. The maximum absolute atomic E-state index is 12.2. The lowest BCUT2D eigenvalue weighted by atomic mass is 9.92. The molecule has 0 spiro atoms. The zero-order valence-corrected chi connectivity index (χ0v) is 10.5. The fraction of sp³-hybridized carbons (Fsp3) is 0.917. The van der Waals surface area contributed by atoms with Gasteiger partial charge in [-0.1, -0.05) is 6.92 Å². The second-order valence-corrected chi connectivity index (χ2v) is 4.85. The Morgan fingerprint density at radius 2 is 2.00 bits per heavy atom. The van der Waals surface area contributed by atoms with Gasteiger partial charge in [0.1, 0.15) is 0 Å². The predicted octanol–water partition coefficient (Wildman–Crippen LogP) is 0.531. The minimum absolute atomic E-state index is 0.110. The summed E-state index contributed by atoms with van der Waals surface area (Å²) < 4.78 is 5.24. The van der Waals surface area contributed by atoms with Gasteiger partial charge in [0.2, 0.25) is 0 Å². The van der Waals surface area contributed by atoms with Crippen molar-refractivity contribution in [3.05, 3.63) is 0 Å². The Morgan fingerprint density at radius 1 is 1.29 bits per heavy atom. The van der Waals surface area contributed by atoms with Gasteiger partial charge in [0.25, 0.3) is 0 Å². The predicted molar refractivity (Wildman–Crippen MR) is 63.8 cm³/mol. The first-order chi connectivity index (χ1) is 8.22. The third-order valence-corrected chi connectivity index (χ3v) is 3.77. The fourth-order valence-corrected chi connectivity index (χ4v) is 2.55. The lowest BCUT2D eigenvalue weighted by Crippen LogP contribution is -2.53. The Hall–Kier alpha value is -0.810. The lowest BCUT2D eigenvalue weighted by molar-refractivity contribution is 0.0141. The molecule has 5 nitrogen and oxygen atoms in total. The van der Waals surface area contributed by atoms with Crippen molar-refractivity contribution in [2.24, 2.45) is 5.92 Å². The number of amides is 2. The first kappa shape index (κ1) is 12.6. The van der Waals surface area contributed by atoms with E-state index in [0.29, 0.717) is 45.8 Å². The van der Waals surface area contributed by atoms with Crippen LogP contribution in [-0.2, 0) is 4.74 Å². The van der Waals surface area contributed by atoms with E-state index in [1.54, 1.807) is 0 Å². The number of piperidine rings is 1. The second kappa shape index (κ2) is 5.69. The van der Waals surface area contributed by atoms with Crippen molar-refractivity contribution in [3.63, 3.8) is 0 Å². The number of hydrogen-bond donors (Lipinski definition) is 1. The first-order valence-corrected chi connectivity index (χ1v) is 6.52. The van der Waals surface area contributed by atoms with E-state index in [2.05, 4.69) is 6.92 Å². The molecule has 2 unspecified atom stereocenters. The summed E-state index contributed by atoms with van der Waals surface area (Å²) in [6.45, 7) is 6.08. The van der Waals surface area contributed by atoms with E-state index in [1.807, 2.05) is 9.80 Å². The van der Waals surface area contributed by atoms with E-state index in [-0.39, 0.29) is 18.1 Å². The number of hydrogen-bond acceptors (Lipinski definition) is 3. The molecule has 98 valence electrons. The number of urea groups is 1. The van der Waals surface area contributed by atoms with Gasteiger partial charge < -0.3 is 19.6 Å². The summed E-state index contributed by atoms with van der Waals surface area (Å²) in [5.74, 6) is 0.230. The number of morpholine rings is 1. The van der Waals surface area contributed by atoms with Crippen LogP contribution in [0.25, 0.3) is 0 Å². The summed E-state index contributed by atoms with van der Waals surface area (Å²) in [7, 11) is 0. The zero-order chi connectivity index (χ0) is 12.3. The fourth-order valence-electron chi connectivity index (χ4n) is 2.55. The summed E-state index contributed by atoms with van der Waals surface area (Å²) in [6.07, 6.45) is 1.39. The SMILES string of the molecule is CCC1CN(C(=O)N2CCOCC2)CCC1O. The normalized spacial score (nSPS) is 30.5. The van der Waals surface area contributed by atoms with Gasteiger partial charge in [-0.25, -0.2) is 4.79 Å². The highest BCUT2D eigenvalue weighted by Crippen LogP contribution is 2.21. The van der Waals surface area contributed by atoms with E-state index >= 15 is 0 Å². The molecule has 2 atom stereocenters. The van der Waals surface area contributed by atoms with Crippen molar-refractivity contribution >= 4 is 6.03 Å². The Morgan fingerprint density at radius 3 is 2.65 bits per heavy atom. The number of aliphatic hydroxyl groups excluding tert-OH is 1. The van der Waals surface area contributed by atoms with Crippen molar-refractivity contribution in [3.8, 4) is 0 Å². The van der Waals surface area contributed by atoms with Crippen LogP contribution in [0.4, 0.5) is 4.79 Å². The van der Waals surface area contributed by atoms with Gasteiger partial charge in [0, 0.05) is 32.1 Å². The average molecular weight is 242 g/mol. The molecule has 0 aliphatic carbocycles. The minimum Gasteiger partial charge on any atom is -0.393 e. The molecule has 2 fully saturated rings. The van der Waals surface area contributed by atoms with Gasteiger partial charge in [0.05, 0.1) is 19.3 Å². The number of aliphatic hydroxyl groups is 1. The number of nitrogens with zero attached hydrogens (tertiary/aromatic N) is 2. The third kappa shape index (κ3) is 2.90. The molecular formula is C12H22N2O3. The van der Waals surface area contributed by atoms with Crippen LogP contribution < -0.4 is 0 Å². The quantitative estimate of drug-likeness (QED) is 0.730. The van der Waals surface area contributed by atoms with Crippen LogP contribution in [0.3, 0.4) is 0 Å². The van der Waals surface area contributed by atoms with Crippen LogP contribution in [0.1, 0.15) is 19.8 Å². The van der Waals surface area contributed by atoms with Crippen molar-refractivity contribution in [1.29, 1.82) is 0 Å². The molecule has 0 saturated carbocycles. The van der Waals surface area contributed by atoms with E-state index in [9.17, 15) is 9.90 Å². The largest absolute Gasteiger partial charge is 0.393 e. The van der Waals surface area contributed by atoms with E-state index in [1.165, 1.54) is 0 Å². The highest BCUT2D eigenvalue weighted by molar-refractivity contribution is 5.74. The standard InChI is InChI=1S/C12H22N2O3/c1-2-10-9-14(4-3-11(10)15)12(16)13-5-7-17-8-6-13/h10-11,15H,2-9H2,1H3. The van der Waals surface area contributed by atoms with E-state index < -0.39 is 0 Å². The Balaban J connectivity index is 1.90. The number of carbonyl (C=O) groups excluding carboxylic acids is 1. The highest BCUT2D eigenvalue weighted by Gasteiger charge is 2.31. The van der Waals surface area contributed by atoms with Gasteiger partial charge in [-0.2, -0.15) is 0 Å². The molecule has 2 rings (SSSR count). The number of ether oxygens (including phenoxy) is 1. The van der Waals surface area contributed by atoms with Crippen molar-refractivity contribution in [1.82, 2.24) is 9.80 Å². The summed E-state index contributed by atoms with van der Waals surface area (Å²) in [4.78, 5) is 16.0. The van der Waals surface area contributed by atoms with E-state index in [4.69, 9.17) is 4.74 Å². The summed E-state index contributed by atoms with van der Waals surface area (Å²) >= 11 is 0. The van der Waals surface area contributed by atoms with Crippen LogP contribution in [0.15, 0.2) is 0 Å². The molecule has 0 radical (unpaired) electrons. The minimum atomic E-state index is -0.242. The monoisotopic (exact) mass is 242 g/mol. The average Bonchev–Trinajstić information content (AvgIpc) is 2.39. The third-order valence-electron chi connectivity index (χ3n) is 3.77. The highest BCUT2D eigenvalue weighted by atomic mass is 16.5. The molecule has 17 heavy (non-hydrogen) atoms. The molecule has 0 bridgehead atoms. The summed E-state index contributed by atoms with van der Waals surface area (Å²) in [5, 5.41) is 9.81. The molecule has 2 heterocycles. The maximum Gasteiger partial charge on any atom is 0.320 e. The molecule has 2 aliphatic rings. The molecule has 0 aromatic carbocycles. The van der Waals surface area contributed by atoms with Gasteiger partial charge in [-0.3, -0.25) is 0 Å². The van der Waals surface area contributed by atoms with Gasteiger partial charge in [-0.15, -0.1) is 0 Å². The number of likely N-dealkylation sites (tertiary alicyclic amines) is 1. The summed E-state index contributed by atoms with van der Waals surface area (Å²) in [6, 6.07) is 0.110. The smallest absolute Gasteiger partial charge is 0.320 e. The molecule has 1 N–H and O–H groups in total. The zero-order valence-electron chi connectivity index (χ0n) is 10.5. The van der Waals surface area contributed by atoms with Gasteiger partial charge >= 0.3 is 6.03 Å². The molecule has 5 heteroatoms. The molecule has 2 amide bonds. The molecular weight excluding hydrogens is 220 g/mol. The van der Waals surface area contributed by atoms with Crippen LogP contribution in [0.2, 0.25) is 0 Å². The Bertz CT molecular complexity index is 266. The molecule has 0 aromatic rings. The summed E-state index contributed by atoms with van der Waals surface area (Å²) in [5.41, 5.74) is 0. The van der Waals surface area contributed by atoms with Crippen molar-refractivity contribution < 1.29 is 14.6 Å². The van der Waals surface area contributed by atoms with Crippen molar-refractivity contribution in [2.75, 3.05) is 39.4 Å². The number of rotatable bonds is 1. The first-order valence-electron chi connectivity index (χ1n) is 6.52. The van der Waals surface area contributed by atoms with Crippen molar-refractivity contribution in [2.45, 2.75) is 25.9 Å². The van der Waals surface area contributed by atoms with E-state index in [0.717, 1.165) is 6.42 Å². The molecule has 0 aromatic heterocycles. The topological polar surface area (TPSA) is 53.0 Å². The van der Waals surface area contributed by atoms with Gasteiger partial charge in [-0.05, 0) is 12.8 Å². The van der Waals surface area contributed by atoms with Crippen LogP contribution in [0.5, 0.6) is 0 Å². The Labute approximate surface area is 102 Å². The van der Waals surface area contributed by atoms with Crippen LogP contribution >= 0.6 is 0 Å². The van der Waals surface area contributed by atoms with Crippen LogP contribution in [-0.4, -0.2) is 66.4 Å². The molecule has 2 aliphatic heterocycles. The second-order valence-electron chi connectivity index (χ2n) is 4.85. The molecule has 2 saturated heterocycles. The van der Waals surface area contributed by atoms with Gasteiger partial charge in [0.15, 0.2) is 0 Å². The Kier molecular flexibility index (Phi) is 4.23. The van der Waals surface area contributed by atoms with Crippen LogP contribution in [0, 0.1) is 5.92 Å². The number of carbonyl (C=O) groups is 1.